The summed E-state index contributed by atoms with van der Waals surface area (Å²) in [5.74, 6) is -0.803. The van der Waals surface area contributed by atoms with Crippen molar-refractivity contribution in [1.82, 2.24) is 10.3 Å². The molecule has 5 rings (SSSR count). The Balaban J connectivity index is 1.52. The monoisotopic (exact) mass is 392 g/mol. The first-order valence-electron chi connectivity index (χ1n) is 9.26. The minimum Gasteiger partial charge on any atom is -0.441 e. The molecule has 2 heterocycles. The van der Waals surface area contributed by atoms with Crippen LogP contribution in [0.1, 0.15) is 18.4 Å². The van der Waals surface area contributed by atoms with Crippen molar-refractivity contribution in [3.63, 3.8) is 0 Å². The molecule has 3 aromatic rings. The molecule has 2 aromatic carbocycles. The number of pyridine rings is 1. The van der Waals surface area contributed by atoms with Crippen LogP contribution in [0.2, 0.25) is 0 Å². The average Bonchev–Trinajstić information content (AvgIpc) is 3.40. The first-order valence-corrected chi connectivity index (χ1v) is 9.26. The van der Waals surface area contributed by atoms with Crippen LogP contribution in [0.4, 0.5) is 4.39 Å². The molecule has 1 saturated heterocycles. The highest BCUT2D eigenvalue weighted by atomic mass is 19.1. The van der Waals surface area contributed by atoms with Crippen LogP contribution in [0.3, 0.4) is 0 Å². The first kappa shape index (κ1) is 17.6. The van der Waals surface area contributed by atoms with Gasteiger partial charge in [0.25, 0.3) is 17.9 Å². The van der Waals surface area contributed by atoms with Crippen LogP contribution in [0.5, 0.6) is 0 Å². The number of H-pyrrole nitrogens is 1. The largest absolute Gasteiger partial charge is 0.441 e. The van der Waals surface area contributed by atoms with Crippen molar-refractivity contribution < 1.29 is 19.0 Å². The summed E-state index contributed by atoms with van der Waals surface area (Å²) in [6, 6.07) is 13.8. The van der Waals surface area contributed by atoms with E-state index in [1.165, 1.54) is 6.07 Å². The fourth-order valence-electron chi connectivity index (χ4n) is 3.80. The Bertz CT molecular complexity index is 1240. The third kappa shape index (κ3) is 3.00. The van der Waals surface area contributed by atoms with Crippen molar-refractivity contribution in [3.8, 4) is 11.3 Å². The molecule has 0 radical (unpaired) electrons. The standard InChI is InChI=1S/C22H17FN2O4/c23-16-3-1-2-12-4-5-13(10-14(12)16)17-7-6-15(19(26)24-17)22(8-9-22)11-18-20(27)25-21(28)29-18/h1-7,10-11,21,28H,8-9H2,(H,24,26)(H,25,27)/b18-11+. The van der Waals surface area contributed by atoms with E-state index in [9.17, 15) is 19.1 Å². The molecule has 1 aromatic heterocycles. The topological polar surface area (TPSA) is 91.4 Å². The molecule has 0 spiro atoms. The number of halogens is 1. The first-order chi connectivity index (χ1) is 13.9. The van der Waals surface area contributed by atoms with Gasteiger partial charge in [-0.3, -0.25) is 14.9 Å². The normalized spacial score (nSPS) is 21.2. The van der Waals surface area contributed by atoms with Gasteiger partial charge in [-0.15, -0.1) is 0 Å². The van der Waals surface area contributed by atoms with E-state index in [4.69, 9.17) is 4.74 Å². The van der Waals surface area contributed by atoms with Gasteiger partial charge >= 0.3 is 0 Å². The number of ether oxygens (including phenoxy) is 1. The number of fused-ring (bicyclic) bond motifs is 1. The van der Waals surface area contributed by atoms with Crippen LogP contribution < -0.4 is 10.9 Å². The lowest BCUT2D eigenvalue weighted by Gasteiger charge is -2.12. The second-order valence-corrected chi connectivity index (χ2v) is 7.40. The van der Waals surface area contributed by atoms with E-state index in [-0.39, 0.29) is 17.1 Å². The molecule has 146 valence electrons. The zero-order valence-corrected chi connectivity index (χ0v) is 15.2. The zero-order valence-electron chi connectivity index (χ0n) is 15.2. The van der Waals surface area contributed by atoms with E-state index in [1.54, 1.807) is 30.3 Å². The summed E-state index contributed by atoms with van der Waals surface area (Å²) in [5.41, 5.74) is 0.954. The Kier molecular flexibility index (Phi) is 3.82. The number of benzene rings is 2. The van der Waals surface area contributed by atoms with Crippen LogP contribution in [0, 0.1) is 5.82 Å². The molecule has 6 nitrogen and oxygen atoms in total. The number of aliphatic hydroxyl groups is 1. The quantitative estimate of drug-likeness (QED) is 0.598. The number of carbonyl (C=O) groups is 1. The lowest BCUT2D eigenvalue weighted by Crippen LogP contribution is -2.25. The highest BCUT2D eigenvalue weighted by Crippen LogP contribution is 2.49. The second kappa shape index (κ2) is 6.28. The zero-order chi connectivity index (χ0) is 20.2. The van der Waals surface area contributed by atoms with Gasteiger partial charge in [0.05, 0.1) is 0 Å². The molecule has 29 heavy (non-hydrogen) atoms. The minimum atomic E-state index is -1.36. The summed E-state index contributed by atoms with van der Waals surface area (Å²) in [4.78, 5) is 27.5. The van der Waals surface area contributed by atoms with Gasteiger partial charge in [0.2, 0.25) is 0 Å². The van der Waals surface area contributed by atoms with Crippen LogP contribution >= 0.6 is 0 Å². The number of carbonyl (C=O) groups excluding carboxylic acids is 1. The smallest absolute Gasteiger partial charge is 0.290 e. The van der Waals surface area contributed by atoms with E-state index in [0.717, 1.165) is 5.39 Å². The van der Waals surface area contributed by atoms with Gasteiger partial charge < -0.3 is 14.8 Å². The molecule has 1 saturated carbocycles. The molecule has 7 heteroatoms. The number of aliphatic hydroxyl groups excluding tert-OH is 1. The third-order valence-electron chi connectivity index (χ3n) is 5.50. The Morgan fingerprint density at radius 3 is 2.66 bits per heavy atom. The fourth-order valence-corrected chi connectivity index (χ4v) is 3.80. The molecule has 1 atom stereocenters. The lowest BCUT2D eigenvalue weighted by atomic mass is 9.95. The highest BCUT2D eigenvalue weighted by Gasteiger charge is 2.46. The molecule has 1 amide bonds. The van der Waals surface area contributed by atoms with E-state index < -0.39 is 17.7 Å². The van der Waals surface area contributed by atoms with Crippen molar-refractivity contribution in [2.24, 2.45) is 0 Å². The van der Waals surface area contributed by atoms with E-state index >= 15 is 0 Å². The third-order valence-corrected chi connectivity index (χ3v) is 5.50. The number of allylic oxidation sites excluding steroid dienone is 1. The summed E-state index contributed by atoms with van der Waals surface area (Å²) in [6.07, 6.45) is 1.65. The summed E-state index contributed by atoms with van der Waals surface area (Å²) >= 11 is 0. The average molecular weight is 392 g/mol. The number of amides is 1. The van der Waals surface area contributed by atoms with Crippen LogP contribution in [0.25, 0.3) is 22.0 Å². The van der Waals surface area contributed by atoms with E-state index in [1.807, 2.05) is 18.2 Å². The lowest BCUT2D eigenvalue weighted by molar-refractivity contribution is -0.117. The van der Waals surface area contributed by atoms with E-state index in [2.05, 4.69) is 10.3 Å². The summed E-state index contributed by atoms with van der Waals surface area (Å²) in [6.45, 7) is 0. The maximum atomic E-state index is 14.1. The van der Waals surface area contributed by atoms with Crippen LogP contribution in [-0.2, 0) is 14.9 Å². The van der Waals surface area contributed by atoms with Gasteiger partial charge in [-0.2, -0.15) is 0 Å². The van der Waals surface area contributed by atoms with Crippen LogP contribution in [0.15, 0.2) is 65.2 Å². The molecule has 1 aliphatic heterocycles. The Morgan fingerprint density at radius 1 is 1.14 bits per heavy atom. The summed E-state index contributed by atoms with van der Waals surface area (Å²) in [5, 5.41) is 12.9. The van der Waals surface area contributed by atoms with Gasteiger partial charge in [0, 0.05) is 22.1 Å². The Morgan fingerprint density at radius 2 is 1.97 bits per heavy atom. The van der Waals surface area contributed by atoms with E-state index in [0.29, 0.717) is 35.0 Å². The molecular weight excluding hydrogens is 375 g/mol. The maximum absolute atomic E-state index is 14.1. The van der Waals surface area contributed by atoms with Crippen molar-refractivity contribution in [2.75, 3.05) is 0 Å². The second-order valence-electron chi connectivity index (χ2n) is 7.40. The number of aromatic nitrogens is 1. The molecule has 1 unspecified atom stereocenters. The molecule has 0 bridgehead atoms. The van der Waals surface area contributed by atoms with Crippen molar-refractivity contribution >= 4 is 16.7 Å². The number of hydrogen-bond acceptors (Lipinski definition) is 4. The summed E-state index contributed by atoms with van der Waals surface area (Å²) < 4.78 is 19.2. The molecule has 1 aliphatic carbocycles. The Hall–Kier alpha value is -3.45. The number of hydrogen-bond donors (Lipinski definition) is 3. The molecule has 2 aliphatic rings. The minimum absolute atomic E-state index is 0.0171. The maximum Gasteiger partial charge on any atom is 0.290 e. The van der Waals surface area contributed by atoms with Crippen LogP contribution in [-0.4, -0.2) is 22.4 Å². The number of nitrogens with one attached hydrogen (secondary N) is 2. The van der Waals surface area contributed by atoms with Gasteiger partial charge in [0.15, 0.2) is 5.76 Å². The predicted octanol–water partition coefficient (Wildman–Crippen LogP) is 2.67. The van der Waals surface area contributed by atoms with Crippen molar-refractivity contribution in [3.05, 3.63) is 82.1 Å². The molecule has 3 N–H and O–H groups in total. The van der Waals surface area contributed by atoms with Crippen molar-refractivity contribution in [1.29, 1.82) is 0 Å². The van der Waals surface area contributed by atoms with Gasteiger partial charge in [0.1, 0.15) is 5.82 Å². The Labute approximate surface area is 164 Å². The fraction of sp³-hybridized carbons (Fsp3) is 0.182. The number of rotatable bonds is 3. The summed E-state index contributed by atoms with van der Waals surface area (Å²) in [7, 11) is 0. The highest BCUT2D eigenvalue weighted by molar-refractivity contribution is 5.93. The SMILES string of the molecule is O=C1NC(O)O/C1=C/C1(c2ccc(-c3ccc4cccc(F)c4c3)[nH]c2=O)CC1. The van der Waals surface area contributed by atoms with Gasteiger partial charge in [-0.05, 0) is 48.1 Å². The van der Waals surface area contributed by atoms with Gasteiger partial charge in [-0.1, -0.05) is 30.3 Å². The number of aromatic amines is 1. The predicted molar refractivity (Wildman–Crippen MR) is 104 cm³/mol. The molecule has 2 fully saturated rings. The van der Waals surface area contributed by atoms with Gasteiger partial charge in [-0.25, -0.2) is 4.39 Å². The molecular formula is C22H17FN2O4. The van der Waals surface area contributed by atoms with Crippen molar-refractivity contribution in [2.45, 2.75) is 24.7 Å².